The molecule has 0 saturated carbocycles. The second-order valence-electron chi connectivity index (χ2n) is 5.18. The number of hydrogen-bond acceptors (Lipinski definition) is 4. The smallest absolute Gasteiger partial charge is 0.221 e. The van der Waals surface area contributed by atoms with Crippen LogP contribution < -0.4 is 10.6 Å². The van der Waals surface area contributed by atoms with Gasteiger partial charge in [-0.25, -0.2) is 4.98 Å². The van der Waals surface area contributed by atoms with E-state index >= 15 is 0 Å². The van der Waals surface area contributed by atoms with Crippen molar-refractivity contribution in [1.29, 1.82) is 0 Å². The van der Waals surface area contributed by atoms with Crippen molar-refractivity contribution in [2.45, 2.75) is 6.92 Å². The van der Waals surface area contributed by atoms with E-state index in [2.05, 4.69) is 20.6 Å². The number of anilines is 3. The molecule has 1 amide bonds. The molecule has 3 rings (SSSR count). The summed E-state index contributed by atoms with van der Waals surface area (Å²) in [5, 5.41) is 6.60. The number of nitrogens with zero attached hydrogens (tertiary/aromatic N) is 2. The molecule has 0 aliphatic rings. The molecular weight excluding hydrogens is 324 g/mol. The van der Waals surface area contributed by atoms with Crippen molar-refractivity contribution < 1.29 is 4.79 Å². The van der Waals surface area contributed by atoms with E-state index in [0.717, 1.165) is 22.6 Å². The summed E-state index contributed by atoms with van der Waals surface area (Å²) < 4.78 is 0. The monoisotopic (exact) mass is 338 g/mol. The van der Waals surface area contributed by atoms with Gasteiger partial charge in [0.25, 0.3) is 0 Å². The zero-order valence-electron chi connectivity index (χ0n) is 13.0. The van der Waals surface area contributed by atoms with Crippen molar-refractivity contribution in [3.8, 4) is 11.3 Å². The summed E-state index contributed by atoms with van der Waals surface area (Å²) in [6.45, 7) is 1.48. The minimum Gasteiger partial charge on any atom is -0.339 e. The van der Waals surface area contributed by atoms with Gasteiger partial charge in [-0.1, -0.05) is 23.7 Å². The highest BCUT2D eigenvalue weighted by Gasteiger charge is 2.04. The second-order valence-corrected chi connectivity index (χ2v) is 5.62. The molecular formula is C18H15ClN4O. The minimum atomic E-state index is -0.100. The van der Waals surface area contributed by atoms with Crippen molar-refractivity contribution in [3.05, 3.63) is 65.9 Å². The van der Waals surface area contributed by atoms with Gasteiger partial charge in [0.05, 0.1) is 18.1 Å². The van der Waals surface area contributed by atoms with Gasteiger partial charge in [-0.05, 0) is 36.4 Å². The molecule has 1 aromatic heterocycles. The Balaban J connectivity index is 1.79. The molecule has 0 spiro atoms. The third kappa shape index (κ3) is 4.08. The lowest BCUT2D eigenvalue weighted by atomic mass is 10.1. The average molecular weight is 339 g/mol. The number of rotatable bonds is 4. The van der Waals surface area contributed by atoms with Crippen LogP contribution in [0.25, 0.3) is 11.3 Å². The van der Waals surface area contributed by atoms with Gasteiger partial charge < -0.3 is 10.6 Å². The van der Waals surface area contributed by atoms with Crippen molar-refractivity contribution >= 4 is 34.7 Å². The number of carbonyl (C=O) groups is 1. The van der Waals surface area contributed by atoms with E-state index in [1.807, 2.05) is 48.5 Å². The maximum atomic E-state index is 11.1. The van der Waals surface area contributed by atoms with E-state index in [4.69, 9.17) is 11.6 Å². The first kappa shape index (κ1) is 16.0. The summed E-state index contributed by atoms with van der Waals surface area (Å²) in [6.07, 6.45) is 3.35. The molecule has 24 heavy (non-hydrogen) atoms. The molecule has 0 aliphatic heterocycles. The maximum absolute atomic E-state index is 11.1. The fourth-order valence-corrected chi connectivity index (χ4v) is 2.30. The lowest BCUT2D eigenvalue weighted by Crippen LogP contribution is -2.05. The molecule has 0 bridgehead atoms. The van der Waals surface area contributed by atoms with E-state index in [-0.39, 0.29) is 5.91 Å². The van der Waals surface area contributed by atoms with Gasteiger partial charge in [0.1, 0.15) is 5.82 Å². The van der Waals surface area contributed by atoms with Gasteiger partial charge in [0.15, 0.2) is 0 Å². The zero-order chi connectivity index (χ0) is 16.9. The molecule has 0 radical (unpaired) electrons. The maximum Gasteiger partial charge on any atom is 0.221 e. The summed E-state index contributed by atoms with van der Waals surface area (Å²) in [4.78, 5) is 19.8. The van der Waals surface area contributed by atoms with E-state index in [9.17, 15) is 4.79 Å². The van der Waals surface area contributed by atoms with Crippen LogP contribution >= 0.6 is 11.6 Å². The van der Waals surface area contributed by atoms with Gasteiger partial charge in [-0.3, -0.25) is 9.78 Å². The van der Waals surface area contributed by atoms with Crippen LogP contribution in [0.15, 0.2) is 60.9 Å². The first-order valence-corrected chi connectivity index (χ1v) is 7.70. The number of hydrogen-bond donors (Lipinski definition) is 2. The van der Waals surface area contributed by atoms with Crippen LogP contribution in [0.1, 0.15) is 6.92 Å². The number of amides is 1. The number of carbonyl (C=O) groups excluding carboxylic acids is 1. The fraction of sp³-hybridized carbons (Fsp3) is 0.0556. The summed E-state index contributed by atoms with van der Waals surface area (Å²) in [7, 11) is 0. The Morgan fingerprint density at radius 1 is 0.958 bits per heavy atom. The number of nitrogens with one attached hydrogen (secondary N) is 2. The summed E-state index contributed by atoms with van der Waals surface area (Å²) >= 11 is 5.88. The summed E-state index contributed by atoms with van der Waals surface area (Å²) in [5.41, 5.74) is 3.28. The number of benzene rings is 2. The lowest BCUT2D eigenvalue weighted by molar-refractivity contribution is -0.114. The summed E-state index contributed by atoms with van der Waals surface area (Å²) in [6, 6.07) is 14.8. The molecule has 1 heterocycles. The molecule has 0 atom stereocenters. The van der Waals surface area contributed by atoms with Crippen LogP contribution in [0.2, 0.25) is 5.02 Å². The number of halogens is 1. The average Bonchev–Trinajstić information content (AvgIpc) is 2.57. The van der Waals surface area contributed by atoms with Crippen molar-refractivity contribution in [1.82, 2.24) is 9.97 Å². The Kier molecular flexibility index (Phi) is 4.72. The van der Waals surface area contributed by atoms with Crippen molar-refractivity contribution in [2.24, 2.45) is 0 Å². The molecule has 0 aliphatic carbocycles. The predicted octanol–water partition coefficient (Wildman–Crippen LogP) is 4.50. The van der Waals surface area contributed by atoms with Crippen molar-refractivity contribution in [2.75, 3.05) is 10.6 Å². The summed E-state index contributed by atoms with van der Waals surface area (Å²) in [5.74, 6) is 0.539. The van der Waals surface area contributed by atoms with Crippen molar-refractivity contribution in [3.63, 3.8) is 0 Å². The van der Waals surface area contributed by atoms with Crippen LogP contribution in [0.3, 0.4) is 0 Å². The molecule has 5 nitrogen and oxygen atoms in total. The Hall–Kier alpha value is -2.92. The van der Waals surface area contributed by atoms with Gasteiger partial charge >= 0.3 is 0 Å². The molecule has 0 saturated heterocycles. The Labute approximate surface area is 144 Å². The zero-order valence-corrected chi connectivity index (χ0v) is 13.7. The molecule has 2 aromatic carbocycles. The molecule has 0 unspecified atom stereocenters. The van der Waals surface area contributed by atoms with E-state index in [1.165, 1.54) is 6.92 Å². The van der Waals surface area contributed by atoms with Crippen LogP contribution in [-0.4, -0.2) is 15.9 Å². The first-order chi connectivity index (χ1) is 11.6. The second kappa shape index (κ2) is 7.10. The Bertz CT molecular complexity index is 848. The Morgan fingerprint density at radius 3 is 2.29 bits per heavy atom. The van der Waals surface area contributed by atoms with E-state index < -0.39 is 0 Å². The molecule has 2 N–H and O–H groups in total. The highest BCUT2D eigenvalue weighted by atomic mass is 35.5. The van der Waals surface area contributed by atoms with Gasteiger partial charge in [0, 0.05) is 28.9 Å². The van der Waals surface area contributed by atoms with Crippen LogP contribution in [0.5, 0.6) is 0 Å². The molecule has 0 fully saturated rings. The lowest BCUT2D eigenvalue weighted by Gasteiger charge is -2.08. The number of aromatic nitrogens is 2. The topological polar surface area (TPSA) is 66.9 Å². The van der Waals surface area contributed by atoms with Crippen LogP contribution in [-0.2, 0) is 4.79 Å². The quantitative estimate of drug-likeness (QED) is 0.735. The normalized spacial score (nSPS) is 10.2. The molecule has 120 valence electrons. The van der Waals surface area contributed by atoms with Gasteiger partial charge in [-0.2, -0.15) is 0 Å². The fourth-order valence-electron chi connectivity index (χ4n) is 2.17. The first-order valence-electron chi connectivity index (χ1n) is 7.33. The predicted molar refractivity (Wildman–Crippen MR) is 96.5 cm³/mol. The SMILES string of the molecule is CC(=O)Nc1ccc(-c2cncc(Nc3ccc(Cl)cc3)n2)cc1. The van der Waals surface area contributed by atoms with E-state index in [1.54, 1.807) is 12.4 Å². The third-order valence-electron chi connectivity index (χ3n) is 3.25. The molecule has 6 heteroatoms. The van der Waals surface area contributed by atoms with Gasteiger partial charge in [0.2, 0.25) is 5.91 Å². The molecule has 3 aromatic rings. The minimum absolute atomic E-state index is 0.100. The van der Waals surface area contributed by atoms with Crippen LogP contribution in [0.4, 0.5) is 17.2 Å². The van der Waals surface area contributed by atoms with E-state index in [0.29, 0.717) is 10.8 Å². The standard InChI is InChI=1S/C18H15ClN4O/c1-12(24)21-15-6-2-13(3-7-15)17-10-20-11-18(23-17)22-16-8-4-14(19)5-9-16/h2-11H,1H3,(H,21,24)(H,22,23). The van der Waals surface area contributed by atoms with Crippen LogP contribution in [0, 0.1) is 0 Å². The third-order valence-corrected chi connectivity index (χ3v) is 3.50. The Morgan fingerprint density at radius 2 is 1.62 bits per heavy atom. The van der Waals surface area contributed by atoms with Gasteiger partial charge in [-0.15, -0.1) is 0 Å². The highest BCUT2D eigenvalue weighted by molar-refractivity contribution is 6.30. The largest absolute Gasteiger partial charge is 0.339 e. The highest BCUT2D eigenvalue weighted by Crippen LogP contribution is 2.22.